The van der Waals surface area contributed by atoms with E-state index >= 15 is 0 Å². The summed E-state index contributed by atoms with van der Waals surface area (Å²) < 4.78 is 8.09. The van der Waals surface area contributed by atoms with Gasteiger partial charge in [-0.2, -0.15) is 4.98 Å². The Kier molecular flexibility index (Phi) is 7.90. The van der Waals surface area contributed by atoms with Crippen molar-refractivity contribution in [3.8, 4) is 0 Å². The number of aromatic nitrogens is 4. The van der Waals surface area contributed by atoms with E-state index in [1.807, 2.05) is 54.6 Å². The number of nitrogens with zero attached hydrogens (tertiary/aromatic N) is 3. The largest absolute Gasteiger partial charge is 0.394 e. The summed E-state index contributed by atoms with van der Waals surface area (Å²) in [5.74, 6) is -0.518. The number of carbonyl (C=O) groups is 1. The molecule has 0 saturated carbocycles. The number of aliphatic hydroxyl groups is 1. The van der Waals surface area contributed by atoms with E-state index in [1.165, 1.54) is 6.33 Å². The Hall–Kier alpha value is -4.64. The summed E-state index contributed by atoms with van der Waals surface area (Å²) in [7, 11) is 0. The number of benzene rings is 3. The number of ether oxygens (including phenoxy) is 1. The number of imidazole rings is 1. The Balaban J connectivity index is 1.41. The summed E-state index contributed by atoms with van der Waals surface area (Å²) in [5, 5.41) is 17.1. The summed E-state index contributed by atoms with van der Waals surface area (Å²) in [5.41, 5.74) is 2.31. The van der Waals surface area contributed by atoms with Crippen LogP contribution in [0.25, 0.3) is 11.2 Å². The van der Waals surface area contributed by atoms with Gasteiger partial charge in [-0.1, -0.05) is 105 Å². The van der Waals surface area contributed by atoms with Gasteiger partial charge < -0.3 is 9.84 Å². The van der Waals surface area contributed by atoms with Gasteiger partial charge in [0.15, 0.2) is 11.2 Å². The number of nitrogens with one attached hydrogen (secondary N) is 3. The van der Waals surface area contributed by atoms with Crippen LogP contribution in [0.4, 0.5) is 5.95 Å². The zero-order valence-electron chi connectivity index (χ0n) is 24.0. The van der Waals surface area contributed by atoms with Gasteiger partial charge in [0, 0.05) is 18.4 Å². The average molecular weight is 579 g/mol. The molecule has 10 heteroatoms. The lowest BCUT2D eigenvalue weighted by atomic mass is 9.76. The second-order valence-corrected chi connectivity index (χ2v) is 11.0. The minimum atomic E-state index is -0.763. The molecule has 0 bridgehead atoms. The number of aromatic amines is 1. The predicted octanol–water partition coefficient (Wildman–Crippen LogP) is 3.94. The van der Waals surface area contributed by atoms with E-state index in [1.54, 1.807) is 18.4 Å². The van der Waals surface area contributed by atoms with Gasteiger partial charge in [-0.15, -0.1) is 0 Å². The van der Waals surface area contributed by atoms with Crippen molar-refractivity contribution in [2.45, 2.75) is 44.2 Å². The highest BCUT2D eigenvalue weighted by atomic mass is 16.5. The van der Waals surface area contributed by atoms with E-state index in [9.17, 15) is 14.7 Å². The molecule has 1 aliphatic rings. The van der Waals surface area contributed by atoms with Crippen molar-refractivity contribution in [3.63, 3.8) is 0 Å². The van der Waals surface area contributed by atoms with Gasteiger partial charge in [0.05, 0.1) is 24.6 Å². The number of hydrogen-bond donors (Lipinski definition) is 4. The quantitative estimate of drug-likeness (QED) is 0.195. The Labute approximate surface area is 248 Å². The molecule has 0 aliphatic carbocycles. The molecule has 3 atom stereocenters. The summed E-state index contributed by atoms with van der Waals surface area (Å²) in [6.45, 7) is 3.29. The summed E-state index contributed by atoms with van der Waals surface area (Å²) in [4.78, 5) is 36.5. The molecule has 2 aromatic heterocycles. The second-order valence-electron chi connectivity index (χ2n) is 11.0. The summed E-state index contributed by atoms with van der Waals surface area (Å²) >= 11 is 0. The van der Waals surface area contributed by atoms with Gasteiger partial charge in [-0.25, -0.2) is 4.98 Å². The number of hydrogen-bond acceptors (Lipinski definition) is 7. The Bertz CT molecular complexity index is 1660. The molecule has 1 aliphatic heterocycles. The minimum Gasteiger partial charge on any atom is -0.394 e. The van der Waals surface area contributed by atoms with E-state index in [0.717, 1.165) is 16.7 Å². The van der Waals surface area contributed by atoms with Gasteiger partial charge in [-0.3, -0.25) is 29.8 Å². The maximum atomic E-state index is 12.8. The molecule has 1 fully saturated rings. The van der Waals surface area contributed by atoms with Crippen molar-refractivity contribution in [3.05, 3.63) is 124 Å². The molecule has 10 nitrogen and oxygen atoms in total. The SMILES string of the molecule is CC(C)C(=O)Nc1nc2c(ncn2C2CC(NC(c3ccccc3)(c3ccccc3)c3ccccc3)C(CO)O2)c(=O)[nH]1. The number of amides is 1. The van der Waals surface area contributed by atoms with Gasteiger partial charge in [-0.05, 0) is 16.7 Å². The molecule has 6 rings (SSSR count). The van der Waals surface area contributed by atoms with Crippen LogP contribution in [0, 0.1) is 5.92 Å². The highest BCUT2D eigenvalue weighted by molar-refractivity contribution is 5.91. The molecule has 3 unspecified atom stereocenters. The van der Waals surface area contributed by atoms with Crippen molar-refractivity contribution in [1.82, 2.24) is 24.8 Å². The molecule has 4 N–H and O–H groups in total. The van der Waals surface area contributed by atoms with Gasteiger partial charge >= 0.3 is 0 Å². The third-order valence-corrected chi connectivity index (χ3v) is 7.95. The fraction of sp³-hybridized carbons (Fsp3) is 0.273. The minimum absolute atomic E-state index is 0.0422. The monoisotopic (exact) mass is 578 g/mol. The first-order chi connectivity index (χ1) is 20.9. The molecular weight excluding hydrogens is 544 g/mol. The molecule has 0 radical (unpaired) electrons. The molecule has 5 aromatic rings. The Morgan fingerprint density at radius 3 is 2.07 bits per heavy atom. The van der Waals surface area contributed by atoms with Crippen LogP contribution in [0.3, 0.4) is 0 Å². The maximum Gasteiger partial charge on any atom is 0.280 e. The van der Waals surface area contributed by atoms with E-state index < -0.39 is 23.4 Å². The van der Waals surface area contributed by atoms with Crippen LogP contribution in [-0.4, -0.2) is 49.3 Å². The van der Waals surface area contributed by atoms with Crippen molar-refractivity contribution >= 4 is 23.0 Å². The molecule has 1 saturated heterocycles. The highest BCUT2D eigenvalue weighted by Crippen LogP contribution is 2.40. The molecular formula is C33H34N6O4. The Morgan fingerprint density at radius 1 is 1.00 bits per heavy atom. The maximum absolute atomic E-state index is 12.8. The molecule has 3 aromatic carbocycles. The number of H-pyrrole nitrogens is 1. The lowest BCUT2D eigenvalue weighted by Crippen LogP contribution is -2.53. The predicted molar refractivity (Wildman–Crippen MR) is 163 cm³/mol. The molecule has 43 heavy (non-hydrogen) atoms. The van der Waals surface area contributed by atoms with Crippen LogP contribution in [0.2, 0.25) is 0 Å². The van der Waals surface area contributed by atoms with Crippen LogP contribution < -0.4 is 16.2 Å². The third kappa shape index (κ3) is 5.36. The third-order valence-electron chi connectivity index (χ3n) is 7.95. The summed E-state index contributed by atoms with van der Waals surface area (Å²) in [6, 6.07) is 30.4. The van der Waals surface area contributed by atoms with Crippen LogP contribution in [0.15, 0.2) is 102 Å². The zero-order chi connectivity index (χ0) is 30.0. The fourth-order valence-electron chi connectivity index (χ4n) is 5.77. The van der Waals surface area contributed by atoms with Crippen LogP contribution >= 0.6 is 0 Å². The standard InChI is InChI=1S/C33H34N6O4/c1-21(2)30(41)36-32-35-29-28(31(42)37-32)34-20-39(29)27-18-25(26(19-40)43-27)38-33(22-12-6-3-7-13-22,23-14-8-4-9-15-23)24-16-10-5-11-17-24/h3-17,20-21,25-27,38,40H,18-19H2,1-2H3,(H2,35,36,37,41,42). The zero-order valence-corrected chi connectivity index (χ0v) is 24.0. The first kappa shape index (κ1) is 28.5. The van der Waals surface area contributed by atoms with Crippen LogP contribution in [-0.2, 0) is 15.1 Å². The molecule has 220 valence electrons. The van der Waals surface area contributed by atoms with Crippen molar-refractivity contribution in [2.24, 2.45) is 5.92 Å². The van der Waals surface area contributed by atoms with E-state index in [2.05, 4.69) is 62.0 Å². The van der Waals surface area contributed by atoms with E-state index in [-0.39, 0.29) is 41.6 Å². The number of carbonyl (C=O) groups excluding carboxylic acids is 1. The van der Waals surface area contributed by atoms with Crippen molar-refractivity contribution in [2.75, 3.05) is 11.9 Å². The number of aliphatic hydroxyl groups excluding tert-OH is 1. The van der Waals surface area contributed by atoms with Crippen LogP contribution in [0.1, 0.15) is 43.2 Å². The van der Waals surface area contributed by atoms with Crippen molar-refractivity contribution < 1.29 is 14.6 Å². The lowest BCUT2D eigenvalue weighted by Gasteiger charge is -2.40. The number of rotatable bonds is 9. The van der Waals surface area contributed by atoms with Gasteiger partial charge in [0.2, 0.25) is 11.9 Å². The average Bonchev–Trinajstić information content (AvgIpc) is 3.65. The van der Waals surface area contributed by atoms with Gasteiger partial charge in [0.1, 0.15) is 6.23 Å². The topological polar surface area (TPSA) is 134 Å². The Morgan fingerprint density at radius 2 is 1.56 bits per heavy atom. The highest BCUT2D eigenvalue weighted by Gasteiger charge is 2.44. The van der Waals surface area contributed by atoms with Crippen molar-refractivity contribution in [1.29, 1.82) is 0 Å². The van der Waals surface area contributed by atoms with Crippen LogP contribution in [0.5, 0.6) is 0 Å². The molecule has 0 spiro atoms. The summed E-state index contributed by atoms with van der Waals surface area (Å²) in [6.07, 6.45) is 0.816. The first-order valence-electron chi connectivity index (χ1n) is 14.4. The fourth-order valence-corrected chi connectivity index (χ4v) is 5.77. The molecule has 1 amide bonds. The molecule has 3 heterocycles. The normalized spacial score (nSPS) is 18.7. The number of fused-ring (bicyclic) bond motifs is 1. The van der Waals surface area contributed by atoms with Gasteiger partial charge in [0.25, 0.3) is 5.56 Å². The smallest absolute Gasteiger partial charge is 0.280 e. The second kappa shape index (κ2) is 11.9. The van der Waals surface area contributed by atoms with E-state index in [0.29, 0.717) is 6.42 Å². The lowest BCUT2D eigenvalue weighted by molar-refractivity contribution is -0.118. The first-order valence-corrected chi connectivity index (χ1v) is 14.4. The number of anilines is 1. The van der Waals surface area contributed by atoms with E-state index in [4.69, 9.17) is 4.74 Å².